The van der Waals surface area contributed by atoms with E-state index in [0.717, 1.165) is 17.0 Å². The fraction of sp³-hybridized carbons (Fsp3) is 0.667. The molecule has 0 amide bonds. The van der Waals surface area contributed by atoms with Crippen molar-refractivity contribution in [1.82, 2.24) is 9.78 Å². The van der Waals surface area contributed by atoms with Crippen LogP contribution in [0.15, 0.2) is 0 Å². The molecule has 5 heteroatoms. The number of nitrogens with zero attached hydrogens (tertiary/aromatic N) is 2. The number of methoxy groups -OCH3 is 1. The summed E-state index contributed by atoms with van der Waals surface area (Å²) in [7, 11) is 3.23. The number of carbonyl (C=O) groups is 1. The molecule has 0 aromatic carbocycles. The van der Waals surface area contributed by atoms with Gasteiger partial charge in [-0.25, -0.2) is 0 Å². The van der Waals surface area contributed by atoms with Gasteiger partial charge in [-0.1, -0.05) is 13.8 Å². The van der Waals surface area contributed by atoms with Crippen molar-refractivity contribution < 1.29 is 9.53 Å². The van der Waals surface area contributed by atoms with Crippen molar-refractivity contribution in [2.75, 3.05) is 7.11 Å². The molecule has 5 nitrogen and oxygen atoms in total. The van der Waals surface area contributed by atoms with Crippen molar-refractivity contribution in [3.8, 4) is 0 Å². The molecule has 0 spiro atoms. The fourth-order valence-electron chi connectivity index (χ4n) is 2.28. The van der Waals surface area contributed by atoms with Crippen LogP contribution in [0.3, 0.4) is 0 Å². The number of esters is 1. The SMILES string of the molecule is COC(=O)C(N)C(C)(C)c1c(C)nn(C)c1C. The number of ether oxygens (including phenoxy) is 1. The maximum Gasteiger partial charge on any atom is 0.323 e. The van der Waals surface area contributed by atoms with Gasteiger partial charge in [-0.05, 0) is 13.8 Å². The minimum absolute atomic E-state index is 0.405. The van der Waals surface area contributed by atoms with Crippen LogP contribution in [0.5, 0.6) is 0 Å². The Morgan fingerprint density at radius 1 is 1.47 bits per heavy atom. The van der Waals surface area contributed by atoms with E-state index in [1.807, 2.05) is 34.7 Å². The van der Waals surface area contributed by atoms with Gasteiger partial charge in [0.05, 0.1) is 12.8 Å². The summed E-state index contributed by atoms with van der Waals surface area (Å²) in [5.41, 5.74) is 8.40. The van der Waals surface area contributed by atoms with E-state index in [0.29, 0.717) is 0 Å². The predicted octanol–water partition coefficient (Wildman–Crippen LogP) is 0.815. The number of aryl methyl sites for hydroxylation is 2. The highest BCUT2D eigenvalue weighted by atomic mass is 16.5. The first-order valence-corrected chi connectivity index (χ1v) is 5.57. The molecule has 0 saturated heterocycles. The summed E-state index contributed by atoms with van der Waals surface area (Å²) in [5, 5.41) is 4.35. The van der Waals surface area contributed by atoms with E-state index in [1.54, 1.807) is 4.68 Å². The number of carbonyl (C=O) groups excluding carboxylic acids is 1. The lowest BCUT2D eigenvalue weighted by Crippen LogP contribution is -2.48. The molecule has 0 aliphatic carbocycles. The van der Waals surface area contributed by atoms with Gasteiger partial charge >= 0.3 is 5.97 Å². The van der Waals surface area contributed by atoms with Gasteiger partial charge in [-0.2, -0.15) is 5.10 Å². The van der Waals surface area contributed by atoms with Gasteiger partial charge < -0.3 is 10.5 Å². The van der Waals surface area contributed by atoms with Crippen LogP contribution in [-0.4, -0.2) is 28.9 Å². The second-order valence-corrected chi connectivity index (χ2v) is 4.89. The number of nitrogens with two attached hydrogens (primary N) is 1. The zero-order valence-corrected chi connectivity index (χ0v) is 11.4. The molecule has 1 heterocycles. The van der Waals surface area contributed by atoms with Gasteiger partial charge in [-0.3, -0.25) is 9.48 Å². The van der Waals surface area contributed by atoms with Gasteiger partial charge in [0.15, 0.2) is 0 Å². The normalized spacial score (nSPS) is 13.6. The van der Waals surface area contributed by atoms with Crippen LogP contribution in [0.4, 0.5) is 0 Å². The standard InChI is InChI=1S/C12H21N3O2/c1-7-9(8(2)15(5)14-7)12(3,4)10(13)11(16)17-6/h10H,13H2,1-6H3. The van der Waals surface area contributed by atoms with Crippen LogP contribution in [0.1, 0.15) is 30.8 Å². The Balaban J connectivity index is 3.25. The molecule has 1 aromatic rings. The number of aromatic nitrogens is 2. The molecule has 96 valence electrons. The van der Waals surface area contributed by atoms with Gasteiger partial charge in [0, 0.05) is 23.7 Å². The Bertz CT molecular complexity index is 435. The first-order chi connectivity index (χ1) is 7.73. The maximum atomic E-state index is 11.6. The van der Waals surface area contributed by atoms with Gasteiger partial charge in [0.2, 0.25) is 0 Å². The zero-order chi connectivity index (χ0) is 13.4. The van der Waals surface area contributed by atoms with Crippen molar-refractivity contribution >= 4 is 5.97 Å². The Labute approximate surface area is 102 Å². The fourth-order valence-corrected chi connectivity index (χ4v) is 2.28. The third-order valence-corrected chi connectivity index (χ3v) is 3.39. The highest BCUT2D eigenvalue weighted by molar-refractivity contribution is 5.77. The van der Waals surface area contributed by atoms with E-state index in [2.05, 4.69) is 5.10 Å². The highest BCUT2D eigenvalue weighted by Crippen LogP contribution is 2.31. The molecule has 2 N–H and O–H groups in total. The first kappa shape index (κ1) is 13.7. The van der Waals surface area contributed by atoms with Crippen LogP contribution in [-0.2, 0) is 22.0 Å². The molecule has 1 rings (SSSR count). The second kappa shape index (κ2) is 4.49. The smallest absolute Gasteiger partial charge is 0.323 e. The summed E-state index contributed by atoms with van der Waals surface area (Å²) < 4.78 is 6.52. The minimum atomic E-state index is -0.700. The zero-order valence-electron chi connectivity index (χ0n) is 11.4. The number of hydrogen-bond donors (Lipinski definition) is 1. The van der Waals surface area contributed by atoms with Crippen LogP contribution >= 0.6 is 0 Å². The summed E-state index contributed by atoms with van der Waals surface area (Å²) in [6.45, 7) is 7.77. The monoisotopic (exact) mass is 239 g/mol. The summed E-state index contributed by atoms with van der Waals surface area (Å²) in [6, 6.07) is -0.700. The molecule has 0 fully saturated rings. The Hall–Kier alpha value is -1.36. The minimum Gasteiger partial charge on any atom is -0.468 e. The summed E-state index contributed by atoms with van der Waals surface area (Å²) in [6.07, 6.45) is 0. The largest absolute Gasteiger partial charge is 0.468 e. The average molecular weight is 239 g/mol. The summed E-state index contributed by atoms with van der Waals surface area (Å²) >= 11 is 0. The molecule has 1 aromatic heterocycles. The van der Waals surface area contributed by atoms with E-state index >= 15 is 0 Å². The molecular formula is C12H21N3O2. The van der Waals surface area contributed by atoms with E-state index in [-0.39, 0.29) is 0 Å². The molecule has 1 atom stereocenters. The second-order valence-electron chi connectivity index (χ2n) is 4.89. The van der Waals surface area contributed by atoms with Crippen molar-refractivity contribution in [2.24, 2.45) is 12.8 Å². The number of rotatable bonds is 3. The van der Waals surface area contributed by atoms with Gasteiger partial charge in [0.1, 0.15) is 6.04 Å². The van der Waals surface area contributed by atoms with Crippen molar-refractivity contribution in [1.29, 1.82) is 0 Å². The third kappa shape index (κ3) is 2.20. The van der Waals surface area contributed by atoms with E-state index in [1.165, 1.54) is 7.11 Å². The Morgan fingerprint density at radius 3 is 2.35 bits per heavy atom. The molecule has 0 bridgehead atoms. The van der Waals surface area contributed by atoms with Crippen molar-refractivity contribution in [3.63, 3.8) is 0 Å². The Kier molecular flexibility index (Phi) is 3.62. The average Bonchev–Trinajstić information content (AvgIpc) is 2.51. The van der Waals surface area contributed by atoms with Gasteiger partial charge in [0.25, 0.3) is 0 Å². The summed E-state index contributed by atoms with van der Waals surface area (Å²) in [5.74, 6) is -0.405. The molecule has 17 heavy (non-hydrogen) atoms. The first-order valence-electron chi connectivity index (χ1n) is 5.57. The van der Waals surface area contributed by atoms with Gasteiger partial charge in [-0.15, -0.1) is 0 Å². The Morgan fingerprint density at radius 2 is 2.00 bits per heavy atom. The molecule has 1 unspecified atom stereocenters. The molecular weight excluding hydrogens is 218 g/mol. The van der Waals surface area contributed by atoms with E-state index < -0.39 is 17.4 Å². The van der Waals surface area contributed by atoms with Crippen LogP contribution < -0.4 is 5.73 Å². The lowest BCUT2D eigenvalue weighted by atomic mass is 9.77. The van der Waals surface area contributed by atoms with Crippen LogP contribution in [0.25, 0.3) is 0 Å². The highest BCUT2D eigenvalue weighted by Gasteiger charge is 2.38. The molecule has 0 aliphatic rings. The topological polar surface area (TPSA) is 70.1 Å². The third-order valence-electron chi connectivity index (χ3n) is 3.39. The van der Waals surface area contributed by atoms with Crippen LogP contribution in [0.2, 0.25) is 0 Å². The summed E-state index contributed by atoms with van der Waals surface area (Å²) in [4.78, 5) is 11.6. The van der Waals surface area contributed by atoms with Crippen molar-refractivity contribution in [2.45, 2.75) is 39.2 Å². The molecule has 0 aliphatic heterocycles. The van der Waals surface area contributed by atoms with E-state index in [4.69, 9.17) is 10.5 Å². The number of hydrogen-bond acceptors (Lipinski definition) is 4. The van der Waals surface area contributed by atoms with E-state index in [9.17, 15) is 4.79 Å². The van der Waals surface area contributed by atoms with Crippen LogP contribution in [0, 0.1) is 13.8 Å². The lowest BCUT2D eigenvalue weighted by molar-refractivity contribution is -0.143. The lowest BCUT2D eigenvalue weighted by Gasteiger charge is -2.30. The maximum absolute atomic E-state index is 11.6. The molecule has 0 radical (unpaired) electrons. The molecule has 0 saturated carbocycles. The quantitative estimate of drug-likeness (QED) is 0.793. The van der Waals surface area contributed by atoms with Crippen molar-refractivity contribution in [3.05, 3.63) is 17.0 Å². The predicted molar refractivity (Wildman–Crippen MR) is 65.7 cm³/mol.